The van der Waals surface area contributed by atoms with Crippen molar-refractivity contribution in [3.8, 4) is 10.6 Å². The number of aliphatic hydroxyl groups is 1. The van der Waals surface area contributed by atoms with Crippen molar-refractivity contribution in [3.05, 3.63) is 107 Å². The number of aryl methyl sites for hydroxylation is 1. The molecule has 0 radical (unpaired) electrons. The van der Waals surface area contributed by atoms with Crippen molar-refractivity contribution < 1.29 is 14.7 Å². The number of rotatable bonds is 6. The molecule has 0 fully saturated rings. The molecular formula is C28H24N4O3S. The monoisotopic (exact) mass is 496 g/mol. The minimum atomic E-state index is -0.828. The van der Waals surface area contributed by atoms with Gasteiger partial charge in [0.2, 0.25) is 5.78 Å². The molecule has 0 aliphatic carbocycles. The molecule has 36 heavy (non-hydrogen) atoms. The Hall–Kier alpha value is -4.30. The fraction of sp³-hybridized carbons (Fsp3) is 0.143. The largest absolute Gasteiger partial charge is 0.503 e. The SMILES string of the molecule is Cc1nc(-c2ccccc2)sc1C(=O)C1=C(O)C(=O)N(c2ccc(N(C)C)cc2)C1c1cccnc1. The van der Waals surface area contributed by atoms with Gasteiger partial charge >= 0.3 is 0 Å². The molecule has 4 aromatic rings. The smallest absolute Gasteiger partial charge is 0.294 e. The lowest BCUT2D eigenvalue weighted by Crippen LogP contribution is -2.31. The first-order chi connectivity index (χ1) is 17.4. The van der Waals surface area contributed by atoms with Crippen LogP contribution in [-0.4, -0.2) is 40.9 Å². The van der Waals surface area contributed by atoms with Crippen molar-refractivity contribution in [3.63, 3.8) is 0 Å². The van der Waals surface area contributed by atoms with Gasteiger partial charge in [-0.2, -0.15) is 0 Å². The standard InChI is InChI=1S/C28H24N4O3S/c1-17-26(36-27(30-17)18-8-5-4-6-9-18)24(33)22-23(19-10-7-15-29-16-19)32(28(35)25(22)34)21-13-11-20(12-14-21)31(2)3/h4-16,23,34H,1-3H3. The number of aliphatic hydroxyl groups excluding tert-OH is 1. The maximum Gasteiger partial charge on any atom is 0.294 e. The van der Waals surface area contributed by atoms with Crippen LogP contribution in [0.2, 0.25) is 0 Å². The van der Waals surface area contributed by atoms with Crippen molar-refractivity contribution >= 4 is 34.4 Å². The van der Waals surface area contributed by atoms with Crippen molar-refractivity contribution in [2.45, 2.75) is 13.0 Å². The van der Waals surface area contributed by atoms with Crippen LogP contribution in [0.4, 0.5) is 11.4 Å². The number of aromatic nitrogens is 2. The highest BCUT2D eigenvalue weighted by Crippen LogP contribution is 2.43. The first-order valence-electron chi connectivity index (χ1n) is 11.4. The summed E-state index contributed by atoms with van der Waals surface area (Å²) in [5.41, 5.74) is 3.63. The number of carbonyl (C=O) groups is 2. The van der Waals surface area contributed by atoms with E-state index < -0.39 is 23.5 Å². The highest BCUT2D eigenvalue weighted by atomic mass is 32.1. The topological polar surface area (TPSA) is 86.6 Å². The highest BCUT2D eigenvalue weighted by molar-refractivity contribution is 7.17. The average Bonchev–Trinajstić information content (AvgIpc) is 3.42. The number of nitrogens with zero attached hydrogens (tertiary/aromatic N) is 4. The Bertz CT molecular complexity index is 1460. The second-order valence-corrected chi connectivity index (χ2v) is 9.66. The van der Waals surface area contributed by atoms with Crippen LogP contribution in [-0.2, 0) is 4.79 Å². The molecule has 7 nitrogen and oxygen atoms in total. The van der Waals surface area contributed by atoms with E-state index >= 15 is 0 Å². The molecule has 1 amide bonds. The molecule has 5 rings (SSSR count). The first kappa shape index (κ1) is 23.4. The molecule has 1 unspecified atom stereocenters. The molecule has 1 N–H and O–H groups in total. The predicted molar refractivity (Wildman–Crippen MR) is 142 cm³/mol. The number of thiazole rings is 1. The minimum Gasteiger partial charge on any atom is -0.503 e. The van der Waals surface area contributed by atoms with E-state index in [0.717, 1.165) is 11.3 Å². The Kier molecular flexibility index (Phi) is 6.12. The normalized spacial score (nSPS) is 15.5. The summed E-state index contributed by atoms with van der Waals surface area (Å²) in [5, 5.41) is 11.7. The van der Waals surface area contributed by atoms with E-state index in [-0.39, 0.29) is 5.57 Å². The van der Waals surface area contributed by atoms with Gasteiger partial charge in [0.25, 0.3) is 5.91 Å². The van der Waals surface area contributed by atoms with Gasteiger partial charge in [-0.1, -0.05) is 36.4 Å². The molecule has 1 aliphatic rings. The maximum absolute atomic E-state index is 13.9. The number of carbonyl (C=O) groups excluding carboxylic acids is 2. The zero-order valence-corrected chi connectivity index (χ0v) is 20.9. The highest BCUT2D eigenvalue weighted by Gasteiger charge is 2.45. The quantitative estimate of drug-likeness (QED) is 0.362. The molecule has 2 aromatic heterocycles. The molecule has 0 saturated heterocycles. The lowest BCUT2D eigenvalue weighted by molar-refractivity contribution is -0.117. The van der Waals surface area contributed by atoms with Crippen molar-refractivity contribution in [1.29, 1.82) is 0 Å². The van der Waals surface area contributed by atoms with Gasteiger partial charge in [-0.3, -0.25) is 19.5 Å². The summed E-state index contributed by atoms with van der Waals surface area (Å²) in [7, 11) is 3.86. The molecule has 8 heteroatoms. The lowest BCUT2D eigenvalue weighted by atomic mass is 9.96. The molecule has 0 saturated carbocycles. The van der Waals surface area contributed by atoms with Gasteiger partial charge in [0.15, 0.2) is 5.76 Å². The summed E-state index contributed by atoms with van der Waals surface area (Å²) in [5.74, 6) is -1.60. The van der Waals surface area contributed by atoms with Gasteiger partial charge in [0.1, 0.15) is 5.01 Å². The van der Waals surface area contributed by atoms with Gasteiger partial charge in [-0.15, -0.1) is 11.3 Å². The van der Waals surface area contributed by atoms with Gasteiger partial charge in [-0.05, 0) is 42.8 Å². The van der Waals surface area contributed by atoms with Crippen LogP contribution in [0.1, 0.15) is 27.0 Å². The van der Waals surface area contributed by atoms with Crippen LogP contribution in [0.25, 0.3) is 10.6 Å². The van der Waals surface area contributed by atoms with Crippen LogP contribution in [0.5, 0.6) is 0 Å². The zero-order chi connectivity index (χ0) is 25.4. The van der Waals surface area contributed by atoms with Crippen molar-refractivity contribution in [1.82, 2.24) is 9.97 Å². The number of hydrogen-bond acceptors (Lipinski definition) is 7. The van der Waals surface area contributed by atoms with E-state index in [1.54, 1.807) is 31.5 Å². The van der Waals surface area contributed by atoms with Crippen LogP contribution in [0.3, 0.4) is 0 Å². The van der Waals surface area contributed by atoms with E-state index in [1.165, 1.54) is 16.2 Å². The Labute approximate surface area is 213 Å². The summed E-state index contributed by atoms with van der Waals surface area (Å²) in [6, 6.07) is 19.7. The van der Waals surface area contributed by atoms with Gasteiger partial charge in [-0.25, -0.2) is 4.98 Å². The number of hydrogen-bond donors (Lipinski definition) is 1. The third-order valence-electron chi connectivity index (χ3n) is 6.12. The molecule has 0 bridgehead atoms. The molecule has 180 valence electrons. The molecule has 1 aliphatic heterocycles. The molecular weight excluding hydrogens is 472 g/mol. The third-order valence-corrected chi connectivity index (χ3v) is 7.33. The Morgan fingerprint density at radius 3 is 2.39 bits per heavy atom. The van der Waals surface area contributed by atoms with Crippen LogP contribution >= 0.6 is 11.3 Å². The van der Waals surface area contributed by atoms with Gasteiger partial charge < -0.3 is 10.0 Å². The maximum atomic E-state index is 13.9. The Morgan fingerprint density at radius 1 is 1.03 bits per heavy atom. The van der Waals surface area contributed by atoms with Crippen LogP contribution in [0.15, 0.2) is 90.5 Å². The summed E-state index contributed by atoms with van der Waals surface area (Å²) in [4.78, 5) is 39.9. The van der Waals surface area contributed by atoms with E-state index in [2.05, 4.69) is 9.97 Å². The molecule has 2 aromatic carbocycles. The van der Waals surface area contributed by atoms with E-state index in [0.29, 0.717) is 26.8 Å². The molecule has 1 atom stereocenters. The van der Waals surface area contributed by atoms with Crippen LogP contribution in [0, 0.1) is 6.92 Å². The lowest BCUT2D eigenvalue weighted by Gasteiger charge is -2.27. The minimum absolute atomic E-state index is 0.0241. The summed E-state index contributed by atoms with van der Waals surface area (Å²) in [6.07, 6.45) is 3.24. The average molecular weight is 497 g/mol. The fourth-order valence-electron chi connectivity index (χ4n) is 4.30. The number of benzene rings is 2. The fourth-order valence-corrected chi connectivity index (χ4v) is 5.33. The van der Waals surface area contributed by atoms with Gasteiger partial charge in [0.05, 0.1) is 22.2 Å². The van der Waals surface area contributed by atoms with Crippen molar-refractivity contribution in [2.75, 3.05) is 23.9 Å². The van der Waals surface area contributed by atoms with Gasteiger partial charge in [0, 0.05) is 43.4 Å². The molecule has 3 heterocycles. The number of pyridine rings is 1. The molecule has 0 spiro atoms. The van der Waals surface area contributed by atoms with Crippen molar-refractivity contribution in [2.24, 2.45) is 0 Å². The number of amides is 1. The van der Waals surface area contributed by atoms with E-state index in [1.807, 2.05) is 73.6 Å². The van der Waals surface area contributed by atoms with E-state index in [9.17, 15) is 14.7 Å². The predicted octanol–water partition coefficient (Wildman–Crippen LogP) is 5.36. The van der Waals surface area contributed by atoms with E-state index in [4.69, 9.17) is 0 Å². The Morgan fingerprint density at radius 2 is 1.75 bits per heavy atom. The second-order valence-electron chi connectivity index (χ2n) is 8.67. The number of ketones is 1. The zero-order valence-electron chi connectivity index (χ0n) is 20.0. The summed E-state index contributed by atoms with van der Waals surface area (Å²) < 4.78 is 0. The first-order valence-corrected chi connectivity index (χ1v) is 12.2. The number of anilines is 2. The van der Waals surface area contributed by atoms with Crippen LogP contribution < -0.4 is 9.80 Å². The summed E-state index contributed by atoms with van der Waals surface area (Å²) in [6.45, 7) is 1.77. The Balaban J connectivity index is 1.60. The third kappa shape index (κ3) is 4.05. The summed E-state index contributed by atoms with van der Waals surface area (Å²) >= 11 is 1.25. The number of Topliss-reactive ketones (excluding diaryl/α,β-unsaturated/α-hetero) is 1. The second kappa shape index (κ2) is 9.39.